The Morgan fingerprint density at radius 2 is 2.13 bits per heavy atom. The number of H-pyrrole nitrogens is 1. The van der Waals surface area contributed by atoms with Crippen LogP contribution in [0.5, 0.6) is 5.75 Å². The standard InChI is InChI=1S/C18H25N3O2/c1-4-8-23-15-10-12(11-21(2)3)9-14-16(15)17-13(18(22)20-14)6-5-7-19-17/h9-10,19H,4-8,11H2,1-3H3,(H,20,22). The van der Waals surface area contributed by atoms with Crippen LogP contribution in [0.2, 0.25) is 0 Å². The summed E-state index contributed by atoms with van der Waals surface area (Å²) in [4.78, 5) is 17.6. The molecule has 5 nitrogen and oxygen atoms in total. The fraction of sp³-hybridized carbons (Fsp3) is 0.500. The average molecular weight is 315 g/mol. The largest absolute Gasteiger partial charge is 0.493 e. The highest BCUT2D eigenvalue weighted by Gasteiger charge is 2.19. The van der Waals surface area contributed by atoms with Crippen molar-refractivity contribution in [3.63, 3.8) is 0 Å². The van der Waals surface area contributed by atoms with Crippen LogP contribution >= 0.6 is 0 Å². The maximum absolute atomic E-state index is 12.4. The van der Waals surface area contributed by atoms with Gasteiger partial charge < -0.3 is 19.9 Å². The van der Waals surface area contributed by atoms with Crippen molar-refractivity contribution in [2.45, 2.75) is 32.7 Å². The topological polar surface area (TPSA) is 57.4 Å². The third-order valence-corrected chi connectivity index (χ3v) is 4.10. The first-order chi connectivity index (χ1) is 11.1. The summed E-state index contributed by atoms with van der Waals surface area (Å²) in [7, 11) is 4.07. The predicted molar refractivity (Wildman–Crippen MR) is 94.6 cm³/mol. The number of benzene rings is 1. The molecule has 0 saturated carbocycles. The van der Waals surface area contributed by atoms with Crippen molar-refractivity contribution in [1.82, 2.24) is 9.88 Å². The van der Waals surface area contributed by atoms with Gasteiger partial charge in [-0.25, -0.2) is 0 Å². The normalized spacial score (nSPS) is 13.9. The molecule has 0 bridgehead atoms. The highest BCUT2D eigenvalue weighted by atomic mass is 16.5. The van der Waals surface area contributed by atoms with Gasteiger partial charge in [0.1, 0.15) is 5.75 Å². The van der Waals surface area contributed by atoms with E-state index < -0.39 is 0 Å². The van der Waals surface area contributed by atoms with Gasteiger partial charge in [0.15, 0.2) is 0 Å². The quantitative estimate of drug-likeness (QED) is 0.891. The van der Waals surface area contributed by atoms with E-state index >= 15 is 0 Å². The third-order valence-electron chi connectivity index (χ3n) is 4.10. The summed E-state index contributed by atoms with van der Waals surface area (Å²) in [6.45, 7) is 4.49. The van der Waals surface area contributed by atoms with E-state index in [0.29, 0.717) is 6.61 Å². The molecule has 124 valence electrons. The number of ether oxygens (including phenoxy) is 1. The molecule has 0 spiro atoms. The molecule has 23 heavy (non-hydrogen) atoms. The van der Waals surface area contributed by atoms with E-state index in [1.54, 1.807) is 0 Å². The molecule has 2 aromatic rings. The van der Waals surface area contributed by atoms with Crippen LogP contribution in [0.4, 0.5) is 5.69 Å². The number of rotatable bonds is 5. The highest BCUT2D eigenvalue weighted by molar-refractivity contribution is 5.98. The number of pyridine rings is 1. The maximum atomic E-state index is 12.4. The zero-order valence-corrected chi connectivity index (χ0v) is 14.2. The molecule has 1 aromatic carbocycles. The van der Waals surface area contributed by atoms with Gasteiger partial charge in [0.2, 0.25) is 0 Å². The molecule has 2 heterocycles. The molecule has 0 radical (unpaired) electrons. The van der Waals surface area contributed by atoms with Crippen LogP contribution in [-0.2, 0) is 13.0 Å². The molecule has 0 amide bonds. The lowest BCUT2D eigenvalue weighted by atomic mass is 9.99. The van der Waals surface area contributed by atoms with Crippen LogP contribution in [-0.4, -0.2) is 37.1 Å². The van der Waals surface area contributed by atoms with Crippen LogP contribution in [0, 0.1) is 0 Å². The van der Waals surface area contributed by atoms with E-state index in [2.05, 4.69) is 34.3 Å². The SMILES string of the molecule is CCCOc1cc(CN(C)C)cc2[nH]c(=O)c3c(c12)NCCC3. The summed E-state index contributed by atoms with van der Waals surface area (Å²) in [5.41, 5.74) is 3.82. The van der Waals surface area contributed by atoms with E-state index in [0.717, 1.165) is 65.8 Å². The number of anilines is 1. The molecule has 1 aliphatic rings. The third kappa shape index (κ3) is 3.20. The minimum atomic E-state index is 0.0168. The Morgan fingerprint density at radius 1 is 1.30 bits per heavy atom. The minimum absolute atomic E-state index is 0.0168. The number of aromatic amines is 1. The summed E-state index contributed by atoms with van der Waals surface area (Å²) >= 11 is 0. The van der Waals surface area contributed by atoms with Crippen molar-refractivity contribution in [3.8, 4) is 5.75 Å². The fourth-order valence-corrected chi connectivity index (χ4v) is 3.19. The molecule has 0 unspecified atom stereocenters. The molecule has 0 aliphatic carbocycles. The molecule has 5 heteroatoms. The van der Waals surface area contributed by atoms with Crippen LogP contribution in [0.1, 0.15) is 30.9 Å². The molecular formula is C18H25N3O2. The predicted octanol–water partition coefficient (Wildman–Crippen LogP) is 2.74. The number of hydrogen-bond donors (Lipinski definition) is 2. The van der Waals surface area contributed by atoms with Gasteiger partial charge in [0.05, 0.1) is 23.2 Å². The zero-order valence-electron chi connectivity index (χ0n) is 14.2. The lowest BCUT2D eigenvalue weighted by Crippen LogP contribution is -2.22. The van der Waals surface area contributed by atoms with Gasteiger partial charge in [-0.3, -0.25) is 4.79 Å². The highest BCUT2D eigenvalue weighted by Crippen LogP contribution is 2.36. The molecular weight excluding hydrogens is 290 g/mol. The van der Waals surface area contributed by atoms with Crippen LogP contribution in [0.3, 0.4) is 0 Å². The Morgan fingerprint density at radius 3 is 2.87 bits per heavy atom. The Labute approximate surface area is 136 Å². The second-order valence-electron chi connectivity index (χ2n) is 6.44. The molecule has 0 saturated heterocycles. The summed E-state index contributed by atoms with van der Waals surface area (Å²) in [5, 5.41) is 4.42. The Bertz CT molecular complexity index is 765. The van der Waals surface area contributed by atoms with Crippen molar-refractivity contribution in [2.24, 2.45) is 0 Å². The van der Waals surface area contributed by atoms with Gasteiger partial charge in [-0.1, -0.05) is 6.92 Å². The van der Waals surface area contributed by atoms with Crippen molar-refractivity contribution in [1.29, 1.82) is 0 Å². The lowest BCUT2D eigenvalue weighted by molar-refractivity contribution is 0.320. The van der Waals surface area contributed by atoms with Crippen molar-refractivity contribution >= 4 is 16.6 Å². The van der Waals surface area contributed by atoms with Crippen molar-refractivity contribution in [2.75, 3.05) is 32.6 Å². The van der Waals surface area contributed by atoms with Gasteiger partial charge in [-0.2, -0.15) is 0 Å². The van der Waals surface area contributed by atoms with Gasteiger partial charge in [-0.15, -0.1) is 0 Å². The maximum Gasteiger partial charge on any atom is 0.253 e. The Hall–Kier alpha value is -2.01. The summed E-state index contributed by atoms with van der Waals surface area (Å²) in [5.74, 6) is 0.864. The van der Waals surface area contributed by atoms with E-state index in [-0.39, 0.29) is 5.56 Å². The van der Waals surface area contributed by atoms with E-state index in [4.69, 9.17) is 4.74 Å². The van der Waals surface area contributed by atoms with Gasteiger partial charge in [0, 0.05) is 18.7 Å². The monoisotopic (exact) mass is 315 g/mol. The second-order valence-corrected chi connectivity index (χ2v) is 6.44. The Balaban J connectivity index is 2.22. The van der Waals surface area contributed by atoms with Crippen molar-refractivity contribution < 1.29 is 4.74 Å². The number of aromatic nitrogens is 1. The van der Waals surface area contributed by atoms with E-state index in [1.807, 2.05) is 14.1 Å². The summed E-state index contributed by atoms with van der Waals surface area (Å²) < 4.78 is 6.02. The number of nitrogens with zero attached hydrogens (tertiary/aromatic N) is 1. The van der Waals surface area contributed by atoms with E-state index in [9.17, 15) is 4.79 Å². The molecule has 2 N–H and O–H groups in total. The first kappa shape index (κ1) is 15.9. The van der Waals surface area contributed by atoms with Gasteiger partial charge >= 0.3 is 0 Å². The second kappa shape index (κ2) is 6.62. The molecule has 0 atom stereocenters. The summed E-state index contributed by atoms with van der Waals surface area (Å²) in [6.07, 6.45) is 2.77. The summed E-state index contributed by atoms with van der Waals surface area (Å²) in [6, 6.07) is 4.17. The van der Waals surface area contributed by atoms with E-state index in [1.165, 1.54) is 0 Å². The smallest absolute Gasteiger partial charge is 0.253 e. The minimum Gasteiger partial charge on any atom is -0.493 e. The molecule has 1 aliphatic heterocycles. The van der Waals surface area contributed by atoms with Crippen molar-refractivity contribution in [3.05, 3.63) is 33.6 Å². The molecule has 1 aromatic heterocycles. The number of hydrogen-bond acceptors (Lipinski definition) is 4. The number of fused-ring (bicyclic) bond motifs is 3. The number of nitrogens with one attached hydrogen (secondary N) is 2. The lowest BCUT2D eigenvalue weighted by Gasteiger charge is -2.22. The first-order valence-electron chi connectivity index (χ1n) is 8.33. The fourth-order valence-electron chi connectivity index (χ4n) is 3.19. The first-order valence-corrected chi connectivity index (χ1v) is 8.33. The van der Waals surface area contributed by atoms with Gasteiger partial charge in [-0.05, 0) is 51.1 Å². The van der Waals surface area contributed by atoms with Crippen LogP contribution in [0.25, 0.3) is 10.9 Å². The Kier molecular flexibility index (Phi) is 4.57. The molecule has 3 rings (SSSR count). The average Bonchev–Trinajstić information content (AvgIpc) is 2.52. The van der Waals surface area contributed by atoms with Crippen LogP contribution in [0.15, 0.2) is 16.9 Å². The molecule has 0 fully saturated rings. The van der Waals surface area contributed by atoms with Gasteiger partial charge in [0.25, 0.3) is 5.56 Å². The van der Waals surface area contributed by atoms with Crippen LogP contribution < -0.4 is 15.6 Å². The zero-order chi connectivity index (χ0) is 16.4.